The summed E-state index contributed by atoms with van der Waals surface area (Å²) < 4.78 is 10.4. The van der Waals surface area contributed by atoms with Crippen LogP contribution in [0.4, 0.5) is 0 Å². The zero-order valence-electron chi connectivity index (χ0n) is 14.4. The molecular formula is C20H19NO4. The van der Waals surface area contributed by atoms with Gasteiger partial charge in [0.05, 0.1) is 13.7 Å². The Morgan fingerprint density at radius 1 is 1.08 bits per heavy atom. The highest BCUT2D eigenvalue weighted by Crippen LogP contribution is 2.34. The Kier molecular flexibility index (Phi) is 4.57. The van der Waals surface area contributed by atoms with Crippen LogP contribution in [0.1, 0.15) is 34.7 Å². The summed E-state index contributed by atoms with van der Waals surface area (Å²) >= 11 is 0. The molecule has 1 N–H and O–H groups in total. The number of ketones is 1. The molecule has 0 amide bonds. The quantitative estimate of drug-likeness (QED) is 0.559. The van der Waals surface area contributed by atoms with Gasteiger partial charge < -0.3 is 14.5 Å². The maximum absolute atomic E-state index is 12.4. The van der Waals surface area contributed by atoms with Gasteiger partial charge in [0.1, 0.15) is 11.4 Å². The number of carbonyl (C=O) groups is 2. The SMILES string of the molecule is CCOC(=O)c1[nH]c2ccc(C(C)=O)cc2c1-c1ccc(OC)cc1. The van der Waals surface area contributed by atoms with Crippen LogP contribution in [0, 0.1) is 0 Å². The molecule has 25 heavy (non-hydrogen) atoms. The van der Waals surface area contributed by atoms with Gasteiger partial charge in [-0.15, -0.1) is 0 Å². The third-order valence-electron chi connectivity index (χ3n) is 4.06. The number of fused-ring (bicyclic) bond motifs is 1. The number of rotatable bonds is 5. The summed E-state index contributed by atoms with van der Waals surface area (Å²) in [7, 11) is 1.60. The van der Waals surface area contributed by atoms with Crippen molar-refractivity contribution in [3.05, 3.63) is 53.7 Å². The van der Waals surface area contributed by atoms with Crippen LogP contribution in [0.2, 0.25) is 0 Å². The predicted octanol–water partition coefficient (Wildman–Crippen LogP) is 4.22. The summed E-state index contributed by atoms with van der Waals surface area (Å²) in [5.74, 6) is 0.279. The van der Waals surface area contributed by atoms with Gasteiger partial charge >= 0.3 is 5.97 Å². The Bertz CT molecular complexity index is 938. The van der Waals surface area contributed by atoms with Gasteiger partial charge in [-0.3, -0.25) is 4.79 Å². The minimum atomic E-state index is -0.422. The molecule has 0 aliphatic rings. The van der Waals surface area contributed by atoms with Crippen molar-refractivity contribution in [1.82, 2.24) is 4.98 Å². The van der Waals surface area contributed by atoms with E-state index in [-0.39, 0.29) is 12.4 Å². The molecule has 0 atom stereocenters. The van der Waals surface area contributed by atoms with E-state index in [0.717, 1.165) is 27.8 Å². The van der Waals surface area contributed by atoms with Crippen molar-refractivity contribution in [3.8, 4) is 16.9 Å². The molecule has 0 bridgehead atoms. The minimum absolute atomic E-state index is 0.0264. The fourth-order valence-corrected chi connectivity index (χ4v) is 2.82. The van der Waals surface area contributed by atoms with E-state index < -0.39 is 5.97 Å². The molecule has 0 saturated heterocycles. The van der Waals surface area contributed by atoms with Crippen LogP contribution < -0.4 is 4.74 Å². The van der Waals surface area contributed by atoms with Gasteiger partial charge in [-0.05, 0) is 49.7 Å². The summed E-state index contributed by atoms with van der Waals surface area (Å²) in [6.07, 6.45) is 0. The van der Waals surface area contributed by atoms with Crippen molar-refractivity contribution >= 4 is 22.7 Å². The Labute approximate surface area is 145 Å². The molecule has 3 aromatic rings. The van der Waals surface area contributed by atoms with Crippen molar-refractivity contribution in [2.45, 2.75) is 13.8 Å². The lowest BCUT2D eigenvalue weighted by molar-refractivity contribution is 0.0521. The molecule has 5 nitrogen and oxygen atoms in total. The standard InChI is InChI=1S/C20H19NO4/c1-4-25-20(23)19-18(13-5-8-15(24-3)9-6-13)16-11-14(12(2)22)7-10-17(16)21-19/h5-11,21H,4H2,1-3H3. The molecule has 0 aliphatic heterocycles. The van der Waals surface area contributed by atoms with Crippen LogP contribution >= 0.6 is 0 Å². The second-order valence-corrected chi connectivity index (χ2v) is 5.64. The maximum Gasteiger partial charge on any atom is 0.355 e. The van der Waals surface area contributed by atoms with Crippen molar-refractivity contribution in [1.29, 1.82) is 0 Å². The van der Waals surface area contributed by atoms with Crippen molar-refractivity contribution in [3.63, 3.8) is 0 Å². The van der Waals surface area contributed by atoms with Gasteiger partial charge in [0, 0.05) is 22.0 Å². The number of hydrogen-bond donors (Lipinski definition) is 1. The Morgan fingerprint density at radius 2 is 1.80 bits per heavy atom. The van der Waals surface area contributed by atoms with Gasteiger partial charge in [0.2, 0.25) is 0 Å². The fraction of sp³-hybridized carbons (Fsp3) is 0.200. The second kappa shape index (κ2) is 6.81. The van der Waals surface area contributed by atoms with Crippen LogP contribution in [-0.4, -0.2) is 30.5 Å². The molecular weight excluding hydrogens is 318 g/mol. The number of benzene rings is 2. The highest BCUT2D eigenvalue weighted by Gasteiger charge is 2.21. The molecule has 0 fully saturated rings. The van der Waals surface area contributed by atoms with Crippen molar-refractivity contribution < 1.29 is 19.1 Å². The topological polar surface area (TPSA) is 68.4 Å². The van der Waals surface area contributed by atoms with E-state index in [2.05, 4.69) is 4.98 Å². The van der Waals surface area contributed by atoms with Crippen LogP contribution in [0.25, 0.3) is 22.0 Å². The normalized spacial score (nSPS) is 10.7. The number of carbonyl (C=O) groups excluding carboxylic acids is 2. The molecule has 0 radical (unpaired) electrons. The predicted molar refractivity (Wildman–Crippen MR) is 96.2 cm³/mol. The molecule has 0 unspecified atom stereocenters. The number of aromatic amines is 1. The first-order chi connectivity index (χ1) is 12.0. The number of hydrogen-bond acceptors (Lipinski definition) is 4. The molecule has 2 aromatic carbocycles. The van der Waals surface area contributed by atoms with Gasteiger partial charge in [0.15, 0.2) is 5.78 Å². The van der Waals surface area contributed by atoms with Crippen LogP contribution in [0.5, 0.6) is 5.75 Å². The third-order valence-corrected chi connectivity index (χ3v) is 4.06. The van der Waals surface area contributed by atoms with E-state index in [4.69, 9.17) is 9.47 Å². The number of ether oxygens (including phenoxy) is 2. The highest BCUT2D eigenvalue weighted by atomic mass is 16.5. The van der Waals surface area contributed by atoms with Gasteiger partial charge in [-0.1, -0.05) is 12.1 Å². The Balaban J connectivity index is 2.26. The molecule has 0 saturated carbocycles. The molecule has 5 heteroatoms. The largest absolute Gasteiger partial charge is 0.497 e. The molecule has 0 spiro atoms. The summed E-state index contributed by atoms with van der Waals surface area (Å²) in [4.78, 5) is 27.3. The Morgan fingerprint density at radius 3 is 2.40 bits per heavy atom. The first-order valence-corrected chi connectivity index (χ1v) is 8.03. The third kappa shape index (κ3) is 3.13. The van der Waals surface area contributed by atoms with E-state index in [1.807, 2.05) is 30.3 Å². The van der Waals surface area contributed by atoms with Crippen LogP contribution in [0.3, 0.4) is 0 Å². The summed E-state index contributed by atoms with van der Waals surface area (Å²) in [5, 5.41) is 0.806. The average Bonchev–Trinajstić information content (AvgIpc) is 3.00. The number of nitrogens with one attached hydrogen (secondary N) is 1. The number of H-pyrrole nitrogens is 1. The molecule has 1 heterocycles. The maximum atomic E-state index is 12.4. The number of aromatic nitrogens is 1. The molecule has 1 aromatic heterocycles. The van der Waals surface area contributed by atoms with E-state index in [1.54, 1.807) is 26.2 Å². The summed E-state index contributed by atoms with van der Waals surface area (Å²) in [6, 6.07) is 12.8. The lowest BCUT2D eigenvalue weighted by atomic mass is 9.99. The number of methoxy groups -OCH3 is 1. The van der Waals surface area contributed by atoms with Crippen molar-refractivity contribution in [2.75, 3.05) is 13.7 Å². The zero-order valence-corrected chi connectivity index (χ0v) is 14.4. The zero-order chi connectivity index (χ0) is 18.0. The van der Waals surface area contributed by atoms with Gasteiger partial charge in [-0.25, -0.2) is 4.79 Å². The van der Waals surface area contributed by atoms with Crippen LogP contribution in [0.15, 0.2) is 42.5 Å². The van der Waals surface area contributed by atoms with E-state index >= 15 is 0 Å². The highest BCUT2D eigenvalue weighted by molar-refractivity contribution is 6.10. The fourth-order valence-electron chi connectivity index (χ4n) is 2.82. The molecule has 128 valence electrons. The number of Topliss-reactive ketones (excluding diaryl/α,β-unsaturated/α-hetero) is 1. The lowest BCUT2D eigenvalue weighted by Gasteiger charge is -2.07. The monoisotopic (exact) mass is 337 g/mol. The van der Waals surface area contributed by atoms with Gasteiger partial charge in [0.25, 0.3) is 0 Å². The molecule has 3 rings (SSSR count). The average molecular weight is 337 g/mol. The van der Waals surface area contributed by atoms with E-state index in [9.17, 15) is 9.59 Å². The van der Waals surface area contributed by atoms with E-state index in [1.165, 1.54) is 6.92 Å². The summed E-state index contributed by atoms with van der Waals surface area (Å²) in [6.45, 7) is 3.57. The minimum Gasteiger partial charge on any atom is -0.497 e. The van der Waals surface area contributed by atoms with Crippen molar-refractivity contribution in [2.24, 2.45) is 0 Å². The van der Waals surface area contributed by atoms with Gasteiger partial charge in [-0.2, -0.15) is 0 Å². The molecule has 0 aliphatic carbocycles. The second-order valence-electron chi connectivity index (χ2n) is 5.64. The first kappa shape index (κ1) is 16.8. The smallest absolute Gasteiger partial charge is 0.355 e. The van der Waals surface area contributed by atoms with Crippen LogP contribution in [-0.2, 0) is 4.74 Å². The Hall–Kier alpha value is -3.08. The lowest BCUT2D eigenvalue weighted by Crippen LogP contribution is -2.06. The summed E-state index contributed by atoms with van der Waals surface area (Å²) in [5.41, 5.74) is 3.31. The first-order valence-electron chi connectivity index (χ1n) is 8.03. The number of esters is 1. The van der Waals surface area contributed by atoms with E-state index in [0.29, 0.717) is 11.3 Å².